The minimum Gasteiger partial charge on any atom is -0.365 e. The van der Waals surface area contributed by atoms with E-state index in [0.717, 1.165) is 19.0 Å². The van der Waals surface area contributed by atoms with Crippen LogP contribution < -0.4 is 10.2 Å². The summed E-state index contributed by atoms with van der Waals surface area (Å²) < 4.78 is 51.3. The summed E-state index contributed by atoms with van der Waals surface area (Å²) in [6, 6.07) is 3.27. The van der Waals surface area contributed by atoms with Gasteiger partial charge in [0.15, 0.2) is 0 Å². The summed E-state index contributed by atoms with van der Waals surface area (Å²) >= 11 is 0. The van der Waals surface area contributed by atoms with Crippen LogP contribution in [0.1, 0.15) is 63.4 Å². The molecule has 1 saturated carbocycles. The quantitative estimate of drug-likeness (QED) is 0.478. The Labute approximate surface area is 187 Å². The number of amides is 1. The summed E-state index contributed by atoms with van der Waals surface area (Å²) in [4.78, 5) is 19.8. The molecule has 2 fully saturated rings. The number of alkyl halides is 3. The minimum atomic E-state index is -4.53. The molecule has 1 aromatic heterocycles. The first-order valence-corrected chi connectivity index (χ1v) is 11.6. The van der Waals surface area contributed by atoms with E-state index in [2.05, 4.69) is 30.7 Å². The van der Waals surface area contributed by atoms with Gasteiger partial charge in [-0.3, -0.25) is 9.69 Å². The number of nitrogens with one attached hydrogen (secondary N) is 1. The van der Waals surface area contributed by atoms with Crippen molar-refractivity contribution in [2.45, 2.75) is 65.1 Å². The van der Waals surface area contributed by atoms with Crippen molar-refractivity contribution in [3.8, 4) is 0 Å². The molecule has 5 nitrogen and oxygen atoms in total. The van der Waals surface area contributed by atoms with E-state index in [-0.39, 0.29) is 11.4 Å². The third-order valence-electron chi connectivity index (χ3n) is 7.69. The van der Waals surface area contributed by atoms with Crippen LogP contribution in [0.4, 0.5) is 23.2 Å². The lowest BCUT2D eigenvalue weighted by molar-refractivity contribution is -0.123. The SMILES string of the molecule is CCC(C)(CC)C1CCC(N2CCN(c3ccc(C(=O)NCC(F)(F)F)nc3F)CC2)C1. The van der Waals surface area contributed by atoms with Gasteiger partial charge in [-0.05, 0) is 42.7 Å². The number of carbonyl (C=O) groups is 1. The predicted molar refractivity (Wildman–Crippen MR) is 116 cm³/mol. The van der Waals surface area contributed by atoms with Gasteiger partial charge < -0.3 is 10.2 Å². The maximum absolute atomic E-state index is 14.6. The highest BCUT2D eigenvalue weighted by Crippen LogP contribution is 2.45. The van der Waals surface area contributed by atoms with Crippen molar-refractivity contribution in [2.24, 2.45) is 11.3 Å². The van der Waals surface area contributed by atoms with E-state index < -0.39 is 24.6 Å². The van der Waals surface area contributed by atoms with Gasteiger partial charge in [0.2, 0.25) is 5.95 Å². The molecule has 1 aliphatic heterocycles. The number of anilines is 1. The summed E-state index contributed by atoms with van der Waals surface area (Å²) in [5, 5.41) is 1.71. The van der Waals surface area contributed by atoms with Crippen LogP contribution in [0, 0.1) is 17.3 Å². The molecule has 0 spiro atoms. The Kier molecular flexibility index (Phi) is 7.68. The Bertz CT molecular complexity index is 789. The molecule has 180 valence electrons. The van der Waals surface area contributed by atoms with Crippen molar-refractivity contribution < 1.29 is 22.4 Å². The molecular formula is C23H34F4N4O. The highest BCUT2D eigenvalue weighted by molar-refractivity contribution is 5.92. The van der Waals surface area contributed by atoms with E-state index >= 15 is 0 Å². The Morgan fingerprint density at radius 1 is 1.12 bits per heavy atom. The van der Waals surface area contributed by atoms with Crippen molar-refractivity contribution >= 4 is 11.6 Å². The predicted octanol–water partition coefficient (Wildman–Crippen LogP) is 4.63. The molecule has 1 aromatic rings. The fourth-order valence-corrected chi connectivity index (χ4v) is 5.14. The second-order valence-corrected chi connectivity index (χ2v) is 9.35. The zero-order valence-corrected chi connectivity index (χ0v) is 19.1. The summed E-state index contributed by atoms with van der Waals surface area (Å²) in [5.41, 5.74) is 0.325. The number of hydrogen-bond donors (Lipinski definition) is 1. The van der Waals surface area contributed by atoms with Crippen LogP contribution in [-0.4, -0.2) is 60.7 Å². The number of halogens is 4. The molecule has 0 radical (unpaired) electrons. The Balaban J connectivity index is 1.55. The lowest BCUT2D eigenvalue weighted by Gasteiger charge is -2.40. The number of hydrogen-bond acceptors (Lipinski definition) is 4. The number of aromatic nitrogens is 1. The molecule has 1 amide bonds. The summed E-state index contributed by atoms with van der Waals surface area (Å²) in [7, 11) is 0. The van der Waals surface area contributed by atoms with Gasteiger partial charge in [0.05, 0.1) is 5.69 Å². The zero-order chi connectivity index (χ0) is 23.5. The van der Waals surface area contributed by atoms with Gasteiger partial charge in [0, 0.05) is 32.2 Å². The van der Waals surface area contributed by atoms with Crippen LogP contribution in [-0.2, 0) is 0 Å². The number of nitrogens with zero attached hydrogens (tertiary/aromatic N) is 3. The molecular weight excluding hydrogens is 424 g/mol. The molecule has 9 heteroatoms. The average molecular weight is 459 g/mol. The molecule has 1 N–H and O–H groups in total. The first kappa shape index (κ1) is 24.7. The number of rotatable bonds is 7. The summed E-state index contributed by atoms with van der Waals surface area (Å²) in [6.45, 7) is 8.46. The molecule has 2 aliphatic rings. The van der Waals surface area contributed by atoms with Gasteiger partial charge in [-0.2, -0.15) is 17.6 Å². The normalized spacial score (nSPS) is 22.9. The van der Waals surface area contributed by atoms with Crippen molar-refractivity contribution in [2.75, 3.05) is 37.6 Å². The summed E-state index contributed by atoms with van der Waals surface area (Å²) in [6.07, 6.45) is 1.56. The maximum atomic E-state index is 14.6. The molecule has 1 aliphatic carbocycles. The largest absolute Gasteiger partial charge is 0.405 e. The molecule has 32 heavy (non-hydrogen) atoms. The van der Waals surface area contributed by atoms with Crippen LogP contribution in [0.5, 0.6) is 0 Å². The molecule has 2 heterocycles. The van der Waals surface area contributed by atoms with Crippen LogP contribution in [0.2, 0.25) is 0 Å². The number of carbonyl (C=O) groups excluding carboxylic acids is 1. The second kappa shape index (κ2) is 9.93. The number of pyridine rings is 1. The highest BCUT2D eigenvalue weighted by Gasteiger charge is 2.39. The molecule has 0 aromatic carbocycles. The van der Waals surface area contributed by atoms with E-state index in [9.17, 15) is 22.4 Å². The highest BCUT2D eigenvalue weighted by atomic mass is 19.4. The fraction of sp³-hybridized carbons (Fsp3) is 0.739. The fourth-order valence-electron chi connectivity index (χ4n) is 5.14. The van der Waals surface area contributed by atoms with E-state index in [1.54, 1.807) is 5.32 Å². The third-order valence-corrected chi connectivity index (χ3v) is 7.69. The average Bonchev–Trinajstić information content (AvgIpc) is 3.27. The first-order chi connectivity index (χ1) is 15.1. The second-order valence-electron chi connectivity index (χ2n) is 9.35. The standard InChI is InChI=1S/C23H34F4N4O/c1-4-22(3,5-2)16-6-7-17(14-16)30-10-12-31(13-11-30)19-9-8-18(29-20(19)24)21(32)28-15-23(25,26)27/h8-9,16-17H,4-7,10-15H2,1-3H3,(H,28,32). The molecule has 1 saturated heterocycles. The molecule has 0 bridgehead atoms. The van der Waals surface area contributed by atoms with E-state index in [0.29, 0.717) is 24.5 Å². The van der Waals surface area contributed by atoms with E-state index in [1.807, 2.05) is 4.90 Å². The Hall–Kier alpha value is -1.90. The number of piperazine rings is 1. The van der Waals surface area contributed by atoms with E-state index in [1.165, 1.54) is 44.2 Å². The topological polar surface area (TPSA) is 48.5 Å². The van der Waals surface area contributed by atoms with Gasteiger partial charge in [0.25, 0.3) is 5.91 Å². The summed E-state index contributed by atoms with van der Waals surface area (Å²) in [5.74, 6) is -1.13. The van der Waals surface area contributed by atoms with Gasteiger partial charge in [0.1, 0.15) is 12.2 Å². The Morgan fingerprint density at radius 2 is 1.78 bits per heavy atom. The Morgan fingerprint density at radius 3 is 2.34 bits per heavy atom. The minimum absolute atomic E-state index is 0.283. The van der Waals surface area contributed by atoms with E-state index in [4.69, 9.17) is 0 Å². The maximum Gasteiger partial charge on any atom is 0.405 e. The van der Waals surface area contributed by atoms with Crippen molar-refractivity contribution in [3.63, 3.8) is 0 Å². The van der Waals surface area contributed by atoms with Gasteiger partial charge >= 0.3 is 6.18 Å². The van der Waals surface area contributed by atoms with Crippen molar-refractivity contribution in [1.82, 2.24) is 15.2 Å². The molecule has 2 atom stereocenters. The van der Waals surface area contributed by atoms with Gasteiger partial charge in [-0.25, -0.2) is 4.98 Å². The first-order valence-electron chi connectivity index (χ1n) is 11.6. The monoisotopic (exact) mass is 458 g/mol. The molecule has 2 unspecified atom stereocenters. The van der Waals surface area contributed by atoms with Crippen LogP contribution in [0.15, 0.2) is 12.1 Å². The smallest absolute Gasteiger partial charge is 0.365 e. The lowest BCUT2D eigenvalue weighted by atomic mass is 9.72. The van der Waals surface area contributed by atoms with Crippen molar-refractivity contribution in [3.05, 3.63) is 23.8 Å². The van der Waals surface area contributed by atoms with Gasteiger partial charge in [-0.15, -0.1) is 0 Å². The van der Waals surface area contributed by atoms with Crippen LogP contribution >= 0.6 is 0 Å². The van der Waals surface area contributed by atoms with Crippen LogP contribution in [0.25, 0.3) is 0 Å². The zero-order valence-electron chi connectivity index (χ0n) is 19.1. The third kappa shape index (κ3) is 5.71. The van der Waals surface area contributed by atoms with Crippen LogP contribution in [0.3, 0.4) is 0 Å². The molecule has 3 rings (SSSR count). The lowest BCUT2D eigenvalue weighted by Crippen LogP contribution is -2.50. The van der Waals surface area contributed by atoms with Crippen molar-refractivity contribution in [1.29, 1.82) is 0 Å². The van der Waals surface area contributed by atoms with Gasteiger partial charge in [-0.1, -0.05) is 33.6 Å².